The number of aliphatic hydroxyl groups excluding tert-OH is 1. The fraction of sp³-hybridized carbons (Fsp3) is 0.211. The number of hydrazone groups is 1. The number of aliphatic hydroxyl groups is 1. The first-order valence-electron chi connectivity index (χ1n) is 7.78. The predicted octanol–water partition coefficient (Wildman–Crippen LogP) is 2.05. The minimum Gasteiger partial charge on any atom is -0.495 e. The molecule has 2 rings (SSSR count). The number of hydrogen-bond acceptors (Lipinski definition) is 5. The molecule has 0 radical (unpaired) electrons. The minimum atomic E-state index is -3.74. The molecule has 0 atom stereocenters. The van der Waals surface area contributed by atoms with Crippen molar-refractivity contribution in [3.05, 3.63) is 59.2 Å². The van der Waals surface area contributed by atoms with E-state index in [0.29, 0.717) is 22.6 Å². The monoisotopic (exact) mass is 372 g/mol. The fourth-order valence-corrected chi connectivity index (χ4v) is 2.99. The highest BCUT2D eigenvalue weighted by molar-refractivity contribution is 7.89. The normalized spacial score (nSPS) is 11.5. The summed E-state index contributed by atoms with van der Waals surface area (Å²) in [5, 5.41) is 12.8. The largest absolute Gasteiger partial charge is 0.495 e. The average Bonchev–Trinajstić information content (AvgIpc) is 2.64. The summed E-state index contributed by atoms with van der Waals surface area (Å²) in [5.74, 6) is 5.91. The summed E-state index contributed by atoms with van der Waals surface area (Å²) in [6.45, 7) is 3.30. The maximum atomic E-state index is 12.3. The molecule has 0 aromatic heterocycles. The summed E-state index contributed by atoms with van der Waals surface area (Å²) >= 11 is 0. The van der Waals surface area contributed by atoms with Gasteiger partial charge in [-0.3, -0.25) is 0 Å². The van der Waals surface area contributed by atoms with Crippen LogP contribution in [0.2, 0.25) is 0 Å². The van der Waals surface area contributed by atoms with Crippen LogP contribution in [0.3, 0.4) is 0 Å². The molecule has 0 spiro atoms. The third kappa shape index (κ3) is 4.85. The number of rotatable bonds is 5. The molecule has 7 heteroatoms. The molecule has 0 unspecified atom stereocenters. The molecule has 136 valence electrons. The van der Waals surface area contributed by atoms with Crippen LogP contribution in [0, 0.1) is 18.8 Å². The standard InChI is InChI=1S/C19H20N2O4S/c1-14-6-9-18(10-7-14)26(23,24)21-20-15(2)16-8-11-19(25-3)17(13-16)5-4-12-22/h6-11,13,21-22H,12H2,1-3H3. The lowest BCUT2D eigenvalue weighted by Crippen LogP contribution is -2.20. The number of hydrogen-bond donors (Lipinski definition) is 2. The van der Waals surface area contributed by atoms with Gasteiger partial charge in [0.05, 0.1) is 23.3 Å². The first-order valence-corrected chi connectivity index (χ1v) is 9.26. The lowest BCUT2D eigenvalue weighted by atomic mass is 10.1. The van der Waals surface area contributed by atoms with E-state index < -0.39 is 10.0 Å². The van der Waals surface area contributed by atoms with Gasteiger partial charge in [0.25, 0.3) is 10.0 Å². The van der Waals surface area contributed by atoms with Crippen molar-refractivity contribution in [1.82, 2.24) is 4.83 Å². The van der Waals surface area contributed by atoms with Crippen molar-refractivity contribution in [3.63, 3.8) is 0 Å². The summed E-state index contributed by atoms with van der Waals surface area (Å²) in [6.07, 6.45) is 0. The van der Waals surface area contributed by atoms with Crippen molar-refractivity contribution in [2.24, 2.45) is 5.10 Å². The van der Waals surface area contributed by atoms with Crippen molar-refractivity contribution in [3.8, 4) is 17.6 Å². The highest BCUT2D eigenvalue weighted by Crippen LogP contribution is 2.19. The number of ether oxygens (including phenoxy) is 1. The zero-order valence-corrected chi connectivity index (χ0v) is 15.6. The molecule has 2 aromatic carbocycles. The van der Waals surface area contributed by atoms with Crippen LogP contribution >= 0.6 is 0 Å². The first kappa shape index (κ1) is 19.5. The van der Waals surface area contributed by atoms with Crippen LogP contribution in [-0.2, 0) is 10.0 Å². The number of nitrogens with one attached hydrogen (secondary N) is 1. The molecule has 0 amide bonds. The predicted molar refractivity (Wildman–Crippen MR) is 101 cm³/mol. The fourth-order valence-electron chi connectivity index (χ4n) is 2.13. The third-order valence-corrected chi connectivity index (χ3v) is 4.81. The second-order valence-corrected chi connectivity index (χ2v) is 7.14. The number of aryl methyl sites for hydroxylation is 1. The summed E-state index contributed by atoms with van der Waals surface area (Å²) in [4.78, 5) is 2.38. The van der Waals surface area contributed by atoms with Crippen LogP contribution < -0.4 is 9.57 Å². The van der Waals surface area contributed by atoms with Gasteiger partial charge in [0.15, 0.2) is 0 Å². The second kappa shape index (κ2) is 8.52. The van der Waals surface area contributed by atoms with Crippen LogP contribution in [0.15, 0.2) is 52.5 Å². The summed E-state index contributed by atoms with van der Waals surface area (Å²) in [7, 11) is -2.22. The second-order valence-electron chi connectivity index (χ2n) is 5.48. The van der Waals surface area contributed by atoms with Gasteiger partial charge in [-0.1, -0.05) is 29.5 Å². The lowest BCUT2D eigenvalue weighted by Gasteiger charge is -2.08. The Morgan fingerprint density at radius 2 is 1.92 bits per heavy atom. The van der Waals surface area contributed by atoms with Gasteiger partial charge in [-0.05, 0) is 49.7 Å². The molecule has 0 heterocycles. The average molecular weight is 372 g/mol. The SMILES string of the molecule is COc1ccc(C(C)=NNS(=O)(=O)c2ccc(C)cc2)cc1C#CCO. The molecule has 0 saturated carbocycles. The van der Waals surface area contributed by atoms with Crippen molar-refractivity contribution in [1.29, 1.82) is 0 Å². The first-order chi connectivity index (χ1) is 12.4. The highest BCUT2D eigenvalue weighted by Gasteiger charge is 2.13. The van der Waals surface area contributed by atoms with Crippen molar-refractivity contribution >= 4 is 15.7 Å². The zero-order valence-electron chi connectivity index (χ0n) is 14.8. The molecule has 0 aliphatic rings. The Morgan fingerprint density at radius 3 is 2.54 bits per heavy atom. The van der Waals surface area contributed by atoms with Gasteiger partial charge in [-0.15, -0.1) is 0 Å². The summed E-state index contributed by atoms with van der Waals surface area (Å²) in [6, 6.07) is 11.7. The Labute approximate surface area is 153 Å². The van der Waals surface area contributed by atoms with Crippen LogP contribution in [0.25, 0.3) is 0 Å². The topological polar surface area (TPSA) is 88.0 Å². The van der Waals surface area contributed by atoms with Gasteiger partial charge < -0.3 is 9.84 Å². The molecular weight excluding hydrogens is 352 g/mol. The van der Waals surface area contributed by atoms with Crippen LogP contribution in [-0.4, -0.2) is 33.0 Å². The van der Waals surface area contributed by atoms with E-state index in [2.05, 4.69) is 21.8 Å². The zero-order chi connectivity index (χ0) is 19.2. The highest BCUT2D eigenvalue weighted by atomic mass is 32.2. The molecule has 0 aliphatic carbocycles. The number of benzene rings is 2. The van der Waals surface area contributed by atoms with E-state index in [-0.39, 0.29) is 11.5 Å². The van der Waals surface area contributed by atoms with E-state index in [1.54, 1.807) is 37.3 Å². The molecule has 2 aromatic rings. The summed E-state index contributed by atoms with van der Waals surface area (Å²) < 4.78 is 29.8. The number of methoxy groups -OCH3 is 1. The van der Waals surface area contributed by atoms with Gasteiger partial charge in [-0.25, -0.2) is 0 Å². The van der Waals surface area contributed by atoms with Crippen molar-refractivity contribution in [2.45, 2.75) is 18.7 Å². The molecule has 2 N–H and O–H groups in total. The van der Waals surface area contributed by atoms with E-state index in [4.69, 9.17) is 9.84 Å². The molecule has 6 nitrogen and oxygen atoms in total. The van der Waals surface area contributed by atoms with E-state index in [0.717, 1.165) is 5.56 Å². The maximum Gasteiger partial charge on any atom is 0.276 e. The van der Waals surface area contributed by atoms with E-state index >= 15 is 0 Å². The van der Waals surface area contributed by atoms with Crippen molar-refractivity contribution < 1.29 is 18.3 Å². The lowest BCUT2D eigenvalue weighted by molar-refractivity contribution is 0.350. The molecular formula is C19H20N2O4S. The maximum absolute atomic E-state index is 12.3. The van der Waals surface area contributed by atoms with E-state index in [1.165, 1.54) is 19.2 Å². The van der Waals surface area contributed by atoms with Gasteiger partial charge >= 0.3 is 0 Å². The number of sulfonamides is 1. The Hall–Kier alpha value is -2.82. The van der Waals surface area contributed by atoms with E-state index in [9.17, 15) is 8.42 Å². The van der Waals surface area contributed by atoms with E-state index in [1.807, 2.05) is 6.92 Å². The smallest absolute Gasteiger partial charge is 0.276 e. The minimum absolute atomic E-state index is 0.142. The van der Waals surface area contributed by atoms with Gasteiger partial charge in [0.1, 0.15) is 12.4 Å². The molecule has 0 fully saturated rings. The van der Waals surface area contributed by atoms with Gasteiger partial charge in [0, 0.05) is 0 Å². The molecule has 26 heavy (non-hydrogen) atoms. The Kier molecular flexibility index (Phi) is 6.39. The van der Waals surface area contributed by atoms with Crippen molar-refractivity contribution in [2.75, 3.05) is 13.7 Å². The third-order valence-electron chi connectivity index (χ3n) is 3.58. The molecule has 0 bridgehead atoms. The van der Waals surface area contributed by atoms with Crippen LogP contribution in [0.5, 0.6) is 5.75 Å². The van der Waals surface area contributed by atoms with Gasteiger partial charge in [0.2, 0.25) is 0 Å². The van der Waals surface area contributed by atoms with Gasteiger partial charge in [-0.2, -0.15) is 18.4 Å². The van der Waals surface area contributed by atoms with Crippen LogP contribution in [0.4, 0.5) is 0 Å². The van der Waals surface area contributed by atoms with Crippen LogP contribution in [0.1, 0.15) is 23.6 Å². The summed E-state index contributed by atoms with van der Waals surface area (Å²) in [5.41, 5.74) is 2.70. The molecule has 0 saturated heterocycles. The number of nitrogens with zero attached hydrogens (tertiary/aromatic N) is 1. The molecule has 0 aliphatic heterocycles. The quantitative estimate of drug-likeness (QED) is 0.478. The Balaban J connectivity index is 2.27. The Morgan fingerprint density at radius 1 is 1.23 bits per heavy atom. The Bertz CT molecular complexity index is 969.